The summed E-state index contributed by atoms with van der Waals surface area (Å²) in [5.41, 5.74) is 0.846. The Morgan fingerprint density at radius 2 is 2.12 bits per heavy atom. The molecule has 1 heterocycles. The van der Waals surface area contributed by atoms with Gasteiger partial charge >= 0.3 is 6.03 Å². The number of carbonyl (C=O) groups excluding carboxylic acids is 1. The molecular weight excluding hydrogens is 238 g/mol. The molecule has 2 rings (SSSR count). The number of hydrogen-bond donors (Lipinski definition) is 2. The van der Waals surface area contributed by atoms with Gasteiger partial charge in [0.2, 0.25) is 0 Å². The summed E-state index contributed by atoms with van der Waals surface area (Å²) in [6, 6.07) is 9.78. The highest BCUT2D eigenvalue weighted by molar-refractivity contribution is 5.89. The molecule has 0 bridgehead atoms. The minimum Gasteiger partial charge on any atom is -0.319 e. The number of rotatable bonds is 1. The summed E-state index contributed by atoms with van der Waals surface area (Å²) in [7, 11) is 0. The zero-order valence-corrected chi connectivity index (χ0v) is 10.7. The second-order valence-electron chi connectivity index (χ2n) is 4.04. The van der Waals surface area contributed by atoms with Gasteiger partial charge in [0.15, 0.2) is 0 Å². The van der Waals surface area contributed by atoms with E-state index in [-0.39, 0.29) is 24.5 Å². The van der Waals surface area contributed by atoms with Crippen LogP contribution in [0.2, 0.25) is 0 Å². The maximum Gasteiger partial charge on any atom is 0.322 e. The van der Waals surface area contributed by atoms with Crippen molar-refractivity contribution < 1.29 is 4.79 Å². The quantitative estimate of drug-likeness (QED) is 0.806. The largest absolute Gasteiger partial charge is 0.322 e. The van der Waals surface area contributed by atoms with Gasteiger partial charge in [0.1, 0.15) is 0 Å². The Bertz CT molecular complexity index is 358. The standard InChI is InChI=1S/C12H17N3O.ClH/c1-10-9-13-7-8-15(10)12(16)14-11-5-3-2-4-6-11;/h2-6,10,13H,7-9H2,1H3,(H,14,16);1H/t10-;/m1./s1. The normalized spacial score (nSPS) is 19.4. The van der Waals surface area contributed by atoms with Crippen LogP contribution >= 0.6 is 12.4 Å². The van der Waals surface area contributed by atoms with Crippen molar-refractivity contribution in [3.63, 3.8) is 0 Å². The second kappa shape index (κ2) is 6.47. The molecule has 0 spiro atoms. The summed E-state index contributed by atoms with van der Waals surface area (Å²) in [5.74, 6) is 0. The van der Waals surface area contributed by atoms with Gasteiger partial charge in [0, 0.05) is 31.4 Å². The third kappa shape index (κ3) is 3.61. The van der Waals surface area contributed by atoms with Gasteiger partial charge in [0.05, 0.1) is 0 Å². The van der Waals surface area contributed by atoms with Crippen molar-refractivity contribution in [3.05, 3.63) is 30.3 Å². The van der Waals surface area contributed by atoms with E-state index in [9.17, 15) is 4.79 Å². The molecule has 2 N–H and O–H groups in total. The number of piperazine rings is 1. The van der Waals surface area contributed by atoms with Gasteiger partial charge in [-0.15, -0.1) is 12.4 Å². The number of anilines is 1. The van der Waals surface area contributed by atoms with Crippen molar-refractivity contribution in [3.8, 4) is 0 Å². The number of urea groups is 1. The van der Waals surface area contributed by atoms with Gasteiger partial charge in [-0.1, -0.05) is 18.2 Å². The van der Waals surface area contributed by atoms with Crippen molar-refractivity contribution in [2.45, 2.75) is 13.0 Å². The molecule has 1 aliphatic rings. The lowest BCUT2D eigenvalue weighted by Gasteiger charge is -2.33. The molecule has 1 saturated heterocycles. The van der Waals surface area contributed by atoms with Gasteiger partial charge < -0.3 is 15.5 Å². The SMILES string of the molecule is C[C@@H]1CNCCN1C(=O)Nc1ccccc1.Cl. The van der Waals surface area contributed by atoms with Crippen LogP contribution in [0.5, 0.6) is 0 Å². The van der Waals surface area contributed by atoms with E-state index in [2.05, 4.69) is 17.6 Å². The molecule has 0 radical (unpaired) electrons. The number of halogens is 1. The molecule has 2 amide bonds. The number of amides is 2. The Morgan fingerprint density at radius 3 is 2.76 bits per heavy atom. The average Bonchev–Trinajstić information content (AvgIpc) is 2.31. The predicted molar refractivity (Wildman–Crippen MR) is 71.7 cm³/mol. The zero-order valence-electron chi connectivity index (χ0n) is 9.85. The number of nitrogens with zero attached hydrogens (tertiary/aromatic N) is 1. The van der Waals surface area contributed by atoms with Crippen LogP contribution < -0.4 is 10.6 Å². The highest BCUT2D eigenvalue weighted by Gasteiger charge is 2.22. The van der Waals surface area contributed by atoms with Gasteiger partial charge in [-0.05, 0) is 19.1 Å². The van der Waals surface area contributed by atoms with Crippen LogP contribution in [0, 0.1) is 0 Å². The van der Waals surface area contributed by atoms with Crippen LogP contribution in [-0.2, 0) is 0 Å². The molecule has 1 aromatic rings. The minimum absolute atomic E-state index is 0. The molecule has 1 atom stereocenters. The fraction of sp³-hybridized carbons (Fsp3) is 0.417. The lowest BCUT2D eigenvalue weighted by Crippen LogP contribution is -2.53. The fourth-order valence-corrected chi connectivity index (χ4v) is 1.86. The van der Waals surface area contributed by atoms with E-state index >= 15 is 0 Å². The summed E-state index contributed by atoms with van der Waals surface area (Å²) >= 11 is 0. The first-order chi connectivity index (χ1) is 7.77. The monoisotopic (exact) mass is 255 g/mol. The van der Waals surface area contributed by atoms with Crippen LogP contribution in [0.15, 0.2) is 30.3 Å². The topological polar surface area (TPSA) is 44.4 Å². The van der Waals surface area contributed by atoms with E-state index in [1.54, 1.807) is 0 Å². The maximum absolute atomic E-state index is 12.0. The van der Waals surface area contributed by atoms with E-state index < -0.39 is 0 Å². The zero-order chi connectivity index (χ0) is 11.4. The highest BCUT2D eigenvalue weighted by atomic mass is 35.5. The van der Waals surface area contributed by atoms with Crippen LogP contribution in [0.25, 0.3) is 0 Å². The van der Waals surface area contributed by atoms with Gasteiger partial charge in [-0.3, -0.25) is 0 Å². The maximum atomic E-state index is 12.0. The summed E-state index contributed by atoms with van der Waals surface area (Å²) in [5, 5.41) is 6.16. The number of nitrogens with one attached hydrogen (secondary N) is 2. The molecule has 1 fully saturated rings. The van der Waals surface area contributed by atoms with Crippen LogP contribution in [-0.4, -0.2) is 36.6 Å². The molecule has 1 aliphatic heterocycles. The van der Waals surface area contributed by atoms with Gasteiger partial charge in [-0.25, -0.2) is 4.79 Å². The van der Waals surface area contributed by atoms with Crippen molar-refractivity contribution in [2.24, 2.45) is 0 Å². The second-order valence-corrected chi connectivity index (χ2v) is 4.04. The first-order valence-electron chi connectivity index (χ1n) is 5.61. The van der Waals surface area contributed by atoms with E-state index in [1.165, 1.54) is 0 Å². The van der Waals surface area contributed by atoms with E-state index in [4.69, 9.17) is 0 Å². The molecule has 1 aromatic carbocycles. The van der Waals surface area contributed by atoms with Crippen molar-refractivity contribution in [1.82, 2.24) is 10.2 Å². The highest BCUT2D eigenvalue weighted by Crippen LogP contribution is 2.09. The molecule has 0 aromatic heterocycles. The molecule has 94 valence electrons. The first-order valence-corrected chi connectivity index (χ1v) is 5.61. The van der Waals surface area contributed by atoms with E-state index in [0.717, 1.165) is 25.3 Å². The van der Waals surface area contributed by atoms with Gasteiger partial charge in [0.25, 0.3) is 0 Å². The molecule has 17 heavy (non-hydrogen) atoms. The van der Waals surface area contributed by atoms with Crippen molar-refractivity contribution in [2.75, 3.05) is 25.0 Å². The lowest BCUT2D eigenvalue weighted by molar-refractivity contribution is 0.177. The smallest absolute Gasteiger partial charge is 0.319 e. The Kier molecular flexibility index (Phi) is 5.25. The predicted octanol–water partition coefficient (Wildman–Crippen LogP) is 1.93. The number of hydrogen-bond acceptors (Lipinski definition) is 2. The summed E-state index contributed by atoms with van der Waals surface area (Å²) in [4.78, 5) is 13.8. The number of carbonyl (C=O) groups is 1. The Labute approximate surface area is 108 Å². The van der Waals surface area contributed by atoms with Crippen LogP contribution in [0.1, 0.15) is 6.92 Å². The Balaban J connectivity index is 0.00000144. The molecule has 0 aliphatic carbocycles. The Morgan fingerprint density at radius 1 is 1.41 bits per heavy atom. The van der Waals surface area contributed by atoms with E-state index in [0.29, 0.717) is 0 Å². The summed E-state index contributed by atoms with van der Waals surface area (Å²) in [6.07, 6.45) is 0. The molecular formula is C12H18ClN3O. The number of benzene rings is 1. The van der Waals surface area contributed by atoms with Crippen molar-refractivity contribution in [1.29, 1.82) is 0 Å². The third-order valence-electron chi connectivity index (χ3n) is 2.79. The molecule has 0 unspecified atom stereocenters. The summed E-state index contributed by atoms with van der Waals surface area (Å²) in [6.45, 7) is 4.55. The van der Waals surface area contributed by atoms with E-state index in [1.807, 2.05) is 35.2 Å². The molecule has 0 saturated carbocycles. The van der Waals surface area contributed by atoms with Gasteiger partial charge in [-0.2, -0.15) is 0 Å². The van der Waals surface area contributed by atoms with Crippen molar-refractivity contribution >= 4 is 24.1 Å². The first kappa shape index (κ1) is 13.8. The Hall–Kier alpha value is -1.26. The number of para-hydroxylation sites is 1. The summed E-state index contributed by atoms with van der Waals surface area (Å²) < 4.78 is 0. The third-order valence-corrected chi connectivity index (χ3v) is 2.79. The molecule has 5 heteroatoms. The minimum atomic E-state index is -0.0137. The van der Waals surface area contributed by atoms with Crippen LogP contribution in [0.4, 0.5) is 10.5 Å². The lowest BCUT2D eigenvalue weighted by atomic mass is 10.2. The van der Waals surface area contributed by atoms with Crippen LogP contribution in [0.3, 0.4) is 0 Å². The average molecular weight is 256 g/mol. The fourth-order valence-electron chi connectivity index (χ4n) is 1.86. The molecule has 4 nitrogen and oxygen atoms in total.